The number of carbonyl (C=O) groups is 1. The maximum atomic E-state index is 13.0. The first-order chi connectivity index (χ1) is 15.1. The van der Waals surface area contributed by atoms with Crippen LogP contribution >= 0.6 is 11.6 Å². The Bertz CT molecular complexity index is 1130. The number of amides is 1. The fourth-order valence-corrected chi connectivity index (χ4v) is 4.10. The molecule has 1 aliphatic carbocycles. The minimum Gasteiger partial charge on any atom is -0.368 e. The van der Waals surface area contributed by atoms with Crippen LogP contribution in [0.4, 0.5) is 5.69 Å². The van der Waals surface area contributed by atoms with Crippen LogP contribution in [0.5, 0.6) is 0 Å². The molecule has 160 valence electrons. The van der Waals surface area contributed by atoms with Gasteiger partial charge in [-0.3, -0.25) is 14.3 Å². The molecule has 0 bridgehead atoms. The minimum atomic E-state index is -0.227. The van der Waals surface area contributed by atoms with E-state index >= 15 is 0 Å². The van der Waals surface area contributed by atoms with Gasteiger partial charge in [-0.15, -0.1) is 5.10 Å². The van der Waals surface area contributed by atoms with Crippen LogP contribution < -0.4 is 10.6 Å². The van der Waals surface area contributed by atoms with Gasteiger partial charge in [0.1, 0.15) is 6.54 Å². The van der Waals surface area contributed by atoms with Crippen molar-refractivity contribution in [2.75, 3.05) is 31.1 Å². The fourth-order valence-electron chi connectivity index (χ4n) is 3.97. The molecule has 0 unspecified atom stereocenters. The number of pyridine rings is 1. The quantitative estimate of drug-likeness (QED) is 0.611. The maximum Gasteiger partial charge on any atom is 0.346 e. The Balaban J connectivity index is 1.29. The number of halogens is 1. The van der Waals surface area contributed by atoms with Crippen molar-refractivity contribution in [3.8, 4) is 11.4 Å². The van der Waals surface area contributed by atoms with Crippen molar-refractivity contribution in [1.82, 2.24) is 24.2 Å². The van der Waals surface area contributed by atoms with Crippen LogP contribution in [0.25, 0.3) is 11.4 Å². The second kappa shape index (κ2) is 8.19. The molecule has 3 heterocycles. The summed E-state index contributed by atoms with van der Waals surface area (Å²) in [6.45, 7) is 2.64. The highest BCUT2D eigenvalue weighted by molar-refractivity contribution is 6.30. The zero-order valence-electron chi connectivity index (χ0n) is 17.0. The summed E-state index contributed by atoms with van der Waals surface area (Å²) in [4.78, 5) is 34.1. The second-order valence-electron chi connectivity index (χ2n) is 7.95. The third-order valence-corrected chi connectivity index (χ3v) is 6.06. The van der Waals surface area contributed by atoms with Gasteiger partial charge in [0.2, 0.25) is 5.91 Å². The molecule has 3 aromatic rings. The van der Waals surface area contributed by atoms with E-state index in [4.69, 9.17) is 11.6 Å². The molecule has 1 saturated heterocycles. The third-order valence-electron chi connectivity index (χ3n) is 5.81. The van der Waals surface area contributed by atoms with E-state index < -0.39 is 0 Å². The number of carbonyl (C=O) groups excluding carboxylic acids is 1. The van der Waals surface area contributed by atoms with Crippen LogP contribution in [0, 0.1) is 0 Å². The molecule has 1 saturated carbocycles. The van der Waals surface area contributed by atoms with Gasteiger partial charge in [-0.25, -0.2) is 9.48 Å². The zero-order valence-corrected chi connectivity index (χ0v) is 17.8. The molecule has 1 aliphatic heterocycles. The molecule has 1 amide bonds. The smallest absolute Gasteiger partial charge is 0.346 e. The number of rotatable bonds is 5. The SMILES string of the molecule is O=C(Cn1nc(-c2cccnc2)n(C2CC2)c1=O)N1CCN(c2ccc(Cl)cc2)CC1. The van der Waals surface area contributed by atoms with E-state index in [9.17, 15) is 9.59 Å². The number of hydrogen-bond acceptors (Lipinski definition) is 5. The van der Waals surface area contributed by atoms with Gasteiger partial charge < -0.3 is 9.80 Å². The normalized spacial score (nSPS) is 16.5. The maximum absolute atomic E-state index is 13.0. The lowest BCUT2D eigenvalue weighted by Gasteiger charge is -2.36. The van der Waals surface area contributed by atoms with Crippen molar-refractivity contribution in [3.63, 3.8) is 0 Å². The first-order valence-electron chi connectivity index (χ1n) is 10.5. The number of anilines is 1. The molecule has 5 rings (SSSR count). The predicted molar refractivity (Wildman–Crippen MR) is 118 cm³/mol. The largest absolute Gasteiger partial charge is 0.368 e. The summed E-state index contributed by atoms with van der Waals surface area (Å²) in [7, 11) is 0. The molecule has 1 aromatic carbocycles. The lowest BCUT2D eigenvalue weighted by atomic mass is 10.2. The predicted octanol–water partition coefficient (Wildman–Crippen LogP) is 2.44. The average Bonchev–Trinajstić information content (AvgIpc) is 3.59. The van der Waals surface area contributed by atoms with Crippen molar-refractivity contribution in [2.45, 2.75) is 25.4 Å². The Hall–Kier alpha value is -3.13. The summed E-state index contributed by atoms with van der Waals surface area (Å²) < 4.78 is 3.01. The third kappa shape index (κ3) is 4.07. The van der Waals surface area contributed by atoms with Crippen LogP contribution in [0.1, 0.15) is 18.9 Å². The molecule has 0 radical (unpaired) electrons. The zero-order chi connectivity index (χ0) is 21.4. The van der Waals surface area contributed by atoms with Crippen molar-refractivity contribution >= 4 is 23.2 Å². The van der Waals surface area contributed by atoms with Gasteiger partial charge >= 0.3 is 5.69 Å². The van der Waals surface area contributed by atoms with E-state index in [1.54, 1.807) is 21.9 Å². The Morgan fingerprint density at radius 3 is 2.45 bits per heavy atom. The van der Waals surface area contributed by atoms with Crippen molar-refractivity contribution in [2.24, 2.45) is 0 Å². The molecular weight excluding hydrogens is 416 g/mol. The lowest BCUT2D eigenvalue weighted by Crippen LogP contribution is -2.50. The van der Waals surface area contributed by atoms with Crippen LogP contribution in [0.3, 0.4) is 0 Å². The Morgan fingerprint density at radius 2 is 1.81 bits per heavy atom. The van der Waals surface area contributed by atoms with E-state index in [1.807, 2.05) is 36.4 Å². The number of aromatic nitrogens is 4. The van der Waals surface area contributed by atoms with E-state index in [-0.39, 0.29) is 24.2 Å². The van der Waals surface area contributed by atoms with E-state index in [1.165, 1.54) is 4.68 Å². The second-order valence-corrected chi connectivity index (χ2v) is 8.39. The first-order valence-corrected chi connectivity index (χ1v) is 10.9. The van der Waals surface area contributed by atoms with Crippen LogP contribution in [0.2, 0.25) is 5.02 Å². The van der Waals surface area contributed by atoms with Crippen LogP contribution in [-0.4, -0.2) is 56.3 Å². The van der Waals surface area contributed by atoms with E-state index in [0.29, 0.717) is 23.9 Å². The van der Waals surface area contributed by atoms with Gasteiger partial charge in [0.15, 0.2) is 5.82 Å². The molecule has 0 spiro atoms. The summed E-state index contributed by atoms with van der Waals surface area (Å²) in [5, 5.41) is 5.21. The monoisotopic (exact) mass is 438 g/mol. The molecular formula is C22H23ClN6O2. The van der Waals surface area contributed by atoms with Gasteiger partial charge in [0.05, 0.1) is 0 Å². The lowest BCUT2D eigenvalue weighted by molar-refractivity contribution is -0.132. The van der Waals surface area contributed by atoms with Crippen LogP contribution in [-0.2, 0) is 11.3 Å². The molecule has 2 fully saturated rings. The molecule has 0 atom stereocenters. The van der Waals surface area contributed by atoms with Gasteiger partial charge in [-0.2, -0.15) is 0 Å². The van der Waals surface area contributed by atoms with Crippen LogP contribution in [0.15, 0.2) is 53.6 Å². The highest BCUT2D eigenvalue weighted by Crippen LogP contribution is 2.36. The Labute approximate surface area is 184 Å². The number of piperazine rings is 1. The molecule has 9 heteroatoms. The van der Waals surface area contributed by atoms with Gasteiger partial charge in [-0.1, -0.05) is 11.6 Å². The number of nitrogens with zero attached hydrogens (tertiary/aromatic N) is 6. The van der Waals surface area contributed by atoms with Gasteiger partial charge in [0.25, 0.3) is 0 Å². The van der Waals surface area contributed by atoms with Crippen molar-refractivity contribution in [3.05, 3.63) is 64.3 Å². The molecule has 2 aliphatic rings. The topological polar surface area (TPSA) is 76.3 Å². The Morgan fingerprint density at radius 1 is 1.06 bits per heavy atom. The summed E-state index contributed by atoms with van der Waals surface area (Å²) in [5.41, 5.74) is 1.65. The molecule has 0 N–H and O–H groups in total. The standard InChI is InChI=1S/C22H23ClN6O2/c23-17-3-5-18(6-4-17)26-10-12-27(13-11-26)20(30)15-28-22(31)29(19-7-8-19)21(25-28)16-2-1-9-24-14-16/h1-6,9,14,19H,7-8,10-13,15H2. The van der Waals surface area contributed by atoms with Crippen molar-refractivity contribution < 1.29 is 4.79 Å². The number of benzene rings is 1. The summed E-state index contributed by atoms with van der Waals surface area (Å²) >= 11 is 5.97. The summed E-state index contributed by atoms with van der Waals surface area (Å²) in [6.07, 6.45) is 5.30. The first kappa shape index (κ1) is 19.8. The highest BCUT2D eigenvalue weighted by atomic mass is 35.5. The summed E-state index contributed by atoms with van der Waals surface area (Å²) in [5.74, 6) is 0.497. The average molecular weight is 439 g/mol. The molecule has 31 heavy (non-hydrogen) atoms. The van der Waals surface area contributed by atoms with E-state index in [2.05, 4.69) is 15.0 Å². The van der Waals surface area contributed by atoms with Gasteiger partial charge in [0, 0.05) is 60.9 Å². The highest BCUT2D eigenvalue weighted by Gasteiger charge is 2.31. The minimum absolute atomic E-state index is 0.0488. The number of hydrogen-bond donors (Lipinski definition) is 0. The Kier molecular flexibility index (Phi) is 5.23. The molecule has 2 aromatic heterocycles. The molecule has 8 nitrogen and oxygen atoms in total. The van der Waals surface area contributed by atoms with E-state index in [0.717, 1.165) is 37.2 Å². The van der Waals surface area contributed by atoms with Crippen molar-refractivity contribution in [1.29, 1.82) is 0 Å². The summed E-state index contributed by atoms with van der Waals surface area (Å²) in [6, 6.07) is 11.6. The fraction of sp³-hybridized carbons (Fsp3) is 0.364. The van der Waals surface area contributed by atoms with Gasteiger partial charge in [-0.05, 0) is 49.2 Å².